The largest absolute Gasteiger partial charge is 0.0616 e. The highest BCUT2D eigenvalue weighted by Crippen LogP contribution is 2.44. The molecule has 0 aromatic heterocycles. The third-order valence-corrected chi connectivity index (χ3v) is 8.96. The summed E-state index contributed by atoms with van der Waals surface area (Å²) in [7, 11) is 0. The molecule has 9 rings (SSSR count). The van der Waals surface area contributed by atoms with E-state index >= 15 is 0 Å². The van der Waals surface area contributed by atoms with Gasteiger partial charge in [0.2, 0.25) is 0 Å². The van der Waals surface area contributed by atoms with Gasteiger partial charge in [-0.05, 0) is 111 Å². The number of hydrogen-bond acceptors (Lipinski definition) is 0. The van der Waals surface area contributed by atoms with Gasteiger partial charge < -0.3 is 0 Å². The fourth-order valence-electron chi connectivity index (χ4n) is 7.01. The first kappa shape index (κ1) is 23.3. The maximum Gasteiger partial charge on any atom is -0.00262 e. The van der Waals surface area contributed by atoms with Crippen molar-refractivity contribution >= 4 is 64.6 Å². The Morgan fingerprint density at radius 3 is 1.21 bits per heavy atom. The van der Waals surface area contributed by atoms with Gasteiger partial charge in [0.1, 0.15) is 0 Å². The molecule has 0 aliphatic rings. The summed E-state index contributed by atoms with van der Waals surface area (Å²) in [5.74, 6) is 0. The molecule has 0 saturated carbocycles. The van der Waals surface area contributed by atoms with E-state index in [0.29, 0.717) is 0 Å². The van der Waals surface area contributed by atoms with Crippen molar-refractivity contribution in [2.24, 2.45) is 0 Å². The Bertz CT molecular complexity index is 2460. The van der Waals surface area contributed by atoms with Gasteiger partial charge in [0, 0.05) is 0 Å². The topological polar surface area (TPSA) is 0 Å². The summed E-state index contributed by atoms with van der Waals surface area (Å²) >= 11 is 0. The molecule has 0 nitrogen and oxygen atoms in total. The Morgan fingerprint density at radius 2 is 0.619 bits per heavy atom. The lowest BCUT2D eigenvalue weighted by Gasteiger charge is -2.18. The average molecular weight is 531 g/mol. The minimum atomic E-state index is 1.25. The summed E-state index contributed by atoms with van der Waals surface area (Å²) in [6, 6.07) is 58.2. The number of rotatable bonds is 2. The first-order valence-electron chi connectivity index (χ1n) is 14.6. The molecule has 42 heavy (non-hydrogen) atoms. The monoisotopic (exact) mass is 530 g/mol. The summed E-state index contributed by atoms with van der Waals surface area (Å²) in [5, 5.41) is 15.4. The van der Waals surface area contributed by atoms with Crippen LogP contribution in [0.1, 0.15) is 0 Å². The molecule has 0 aliphatic carbocycles. The van der Waals surface area contributed by atoms with Crippen LogP contribution in [0.3, 0.4) is 0 Å². The molecule has 0 aliphatic heterocycles. The maximum atomic E-state index is 2.38. The molecular formula is C42H26. The molecule has 0 amide bonds. The lowest BCUT2D eigenvalue weighted by Crippen LogP contribution is -1.91. The molecular weight excluding hydrogens is 504 g/mol. The van der Waals surface area contributed by atoms with Crippen LogP contribution in [0.25, 0.3) is 86.9 Å². The van der Waals surface area contributed by atoms with E-state index in [0.717, 1.165) is 0 Å². The first-order valence-corrected chi connectivity index (χ1v) is 14.6. The number of hydrogen-bond donors (Lipinski definition) is 0. The van der Waals surface area contributed by atoms with Gasteiger partial charge in [0.05, 0.1) is 0 Å². The van der Waals surface area contributed by atoms with Crippen molar-refractivity contribution in [3.05, 3.63) is 158 Å². The zero-order chi connectivity index (χ0) is 27.6. The summed E-state index contributed by atoms with van der Waals surface area (Å²) in [5.41, 5.74) is 5.10. The molecule has 0 radical (unpaired) electrons. The summed E-state index contributed by atoms with van der Waals surface area (Å²) in [6.07, 6.45) is 0. The molecule has 0 unspecified atom stereocenters. The van der Waals surface area contributed by atoms with Crippen LogP contribution in [0.4, 0.5) is 0 Å². The van der Waals surface area contributed by atoms with Crippen molar-refractivity contribution in [1.82, 2.24) is 0 Å². The van der Waals surface area contributed by atoms with E-state index in [1.54, 1.807) is 0 Å². The smallest absolute Gasteiger partial charge is 0.00262 e. The highest BCUT2D eigenvalue weighted by molar-refractivity contribution is 6.22. The Hall–Kier alpha value is -5.46. The van der Waals surface area contributed by atoms with Crippen molar-refractivity contribution in [2.45, 2.75) is 0 Å². The van der Waals surface area contributed by atoms with Crippen molar-refractivity contribution in [2.75, 3.05) is 0 Å². The molecule has 9 aromatic carbocycles. The van der Waals surface area contributed by atoms with E-state index in [-0.39, 0.29) is 0 Å². The van der Waals surface area contributed by atoms with Crippen molar-refractivity contribution in [3.63, 3.8) is 0 Å². The van der Waals surface area contributed by atoms with E-state index in [1.807, 2.05) is 0 Å². The van der Waals surface area contributed by atoms with Gasteiger partial charge in [-0.25, -0.2) is 0 Å². The third kappa shape index (κ3) is 3.49. The van der Waals surface area contributed by atoms with Crippen molar-refractivity contribution in [3.8, 4) is 22.3 Å². The first-order chi connectivity index (χ1) is 20.8. The van der Waals surface area contributed by atoms with Crippen LogP contribution in [-0.2, 0) is 0 Å². The Labute approximate surface area is 244 Å². The van der Waals surface area contributed by atoms with Crippen LogP contribution in [-0.4, -0.2) is 0 Å². The van der Waals surface area contributed by atoms with Gasteiger partial charge in [0.15, 0.2) is 0 Å². The van der Waals surface area contributed by atoms with E-state index in [1.165, 1.54) is 86.9 Å². The lowest BCUT2D eigenvalue weighted by molar-refractivity contribution is 1.68. The molecule has 0 fully saturated rings. The van der Waals surface area contributed by atoms with Crippen LogP contribution in [0.5, 0.6) is 0 Å². The van der Waals surface area contributed by atoms with Crippen molar-refractivity contribution in [1.29, 1.82) is 0 Å². The number of fused-ring (bicyclic) bond motifs is 7. The molecule has 0 N–H and O–H groups in total. The molecule has 0 heterocycles. The summed E-state index contributed by atoms with van der Waals surface area (Å²) < 4.78 is 0. The zero-order valence-electron chi connectivity index (χ0n) is 23.0. The predicted octanol–water partition coefficient (Wildman–Crippen LogP) is 11.9. The fourth-order valence-corrected chi connectivity index (χ4v) is 7.01. The van der Waals surface area contributed by atoms with Gasteiger partial charge in [-0.15, -0.1) is 0 Å². The molecule has 194 valence electrons. The third-order valence-electron chi connectivity index (χ3n) is 8.96. The Kier molecular flexibility index (Phi) is 5.00. The molecule has 0 spiro atoms. The number of benzene rings is 9. The molecule has 9 aromatic rings. The zero-order valence-corrected chi connectivity index (χ0v) is 23.0. The SMILES string of the molecule is c1ccc2cc(-c3c4ccccc4c(-c4ccc5c(ccc6cc7ccccc7cc65)c4)c4ccccc34)ccc2c1. The second-order valence-corrected chi connectivity index (χ2v) is 11.3. The highest BCUT2D eigenvalue weighted by Gasteiger charge is 2.17. The van der Waals surface area contributed by atoms with Gasteiger partial charge in [-0.3, -0.25) is 0 Å². The van der Waals surface area contributed by atoms with Crippen LogP contribution in [0.15, 0.2) is 158 Å². The minimum absolute atomic E-state index is 1.25. The summed E-state index contributed by atoms with van der Waals surface area (Å²) in [4.78, 5) is 0. The quantitative estimate of drug-likeness (QED) is 0.154. The van der Waals surface area contributed by atoms with E-state index in [4.69, 9.17) is 0 Å². The van der Waals surface area contributed by atoms with Gasteiger partial charge in [-0.1, -0.05) is 133 Å². The maximum absolute atomic E-state index is 2.38. The highest BCUT2D eigenvalue weighted by atomic mass is 14.2. The van der Waals surface area contributed by atoms with E-state index in [2.05, 4.69) is 158 Å². The van der Waals surface area contributed by atoms with E-state index in [9.17, 15) is 0 Å². The Morgan fingerprint density at radius 1 is 0.214 bits per heavy atom. The second kappa shape index (κ2) is 9.03. The molecule has 0 heteroatoms. The van der Waals surface area contributed by atoms with Gasteiger partial charge >= 0.3 is 0 Å². The predicted molar refractivity (Wildman–Crippen MR) is 182 cm³/mol. The Balaban J connectivity index is 1.33. The lowest BCUT2D eigenvalue weighted by atomic mass is 9.85. The fraction of sp³-hybridized carbons (Fsp3) is 0. The van der Waals surface area contributed by atoms with Crippen LogP contribution >= 0.6 is 0 Å². The molecule has 0 atom stereocenters. The van der Waals surface area contributed by atoms with Crippen LogP contribution in [0, 0.1) is 0 Å². The van der Waals surface area contributed by atoms with Gasteiger partial charge in [-0.2, -0.15) is 0 Å². The van der Waals surface area contributed by atoms with Crippen LogP contribution in [0.2, 0.25) is 0 Å². The van der Waals surface area contributed by atoms with Gasteiger partial charge in [0.25, 0.3) is 0 Å². The van der Waals surface area contributed by atoms with Crippen molar-refractivity contribution < 1.29 is 0 Å². The average Bonchev–Trinajstić information content (AvgIpc) is 3.05. The minimum Gasteiger partial charge on any atom is -0.0616 e. The standard InChI is InChI=1S/C42H26/c1-2-10-28-24-33(20-17-27(28)9-1)41-36-13-5-7-15-38(36)42(39-16-8-6-14-37(39)41)34-21-22-35-31(25-34)18-19-32-23-29-11-3-4-12-30(29)26-40(32)35/h1-26H. The van der Waals surface area contributed by atoms with Crippen LogP contribution < -0.4 is 0 Å². The normalized spacial score (nSPS) is 11.8. The van der Waals surface area contributed by atoms with E-state index < -0.39 is 0 Å². The summed E-state index contributed by atoms with van der Waals surface area (Å²) in [6.45, 7) is 0. The molecule has 0 saturated heterocycles. The second-order valence-electron chi connectivity index (χ2n) is 11.3. The molecule has 0 bridgehead atoms.